The summed E-state index contributed by atoms with van der Waals surface area (Å²) in [5.41, 5.74) is 3.39. The second-order valence-electron chi connectivity index (χ2n) is 6.73. The highest BCUT2D eigenvalue weighted by atomic mass is 16.2. The van der Waals surface area contributed by atoms with Crippen LogP contribution in [0.5, 0.6) is 0 Å². The molecule has 1 aromatic carbocycles. The number of hydrogen-bond donors (Lipinski definition) is 2. The number of carbonyl (C=O) groups is 1. The van der Waals surface area contributed by atoms with Gasteiger partial charge in [0.15, 0.2) is 0 Å². The fourth-order valence-corrected chi connectivity index (χ4v) is 3.53. The van der Waals surface area contributed by atoms with E-state index in [1.165, 1.54) is 18.4 Å². The molecule has 2 aromatic rings. The van der Waals surface area contributed by atoms with Crippen molar-refractivity contribution in [2.45, 2.75) is 51.1 Å². The minimum Gasteiger partial charge on any atom is -0.335 e. The maximum absolute atomic E-state index is 12.6. The van der Waals surface area contributed by atoms with Gasteiger partial charge in [-0.25, -0.2) is 4.79 Å². The molecular weight excluding hydrogens is 300 g/mol. The minimum absolute atomic E-state index is 0.0107. The van der Waals surface area contributed by atoms with Crippen LogP contribution in [0.15, 0.2) is 36.5 Å². The van der Waals surface area contributed by atoms with Crippen molar-refractivity contribution >= 4 is 6.03 Å². The molecule has 1 aromatic heterocycles. The maximum atomic E-state index is 12.6. The molecule has 0 bridgehead atoms. The van der Waals surface area contributed by atoms with Gasteiger partial charge in [0.2, 0.25) is 0 Å². The summed E-state index contributed by atoms with van der Waals surface area (Å²) < 4.78 is 0. The van der Waals surface area contributed by atoms with E-state index in [9.17, 15) is 4.79 Å². The molecule has 0 unspecified atom stereocenters. The summed E-state index contributed by atoms with van der Waals surface area (Å²) in [5, 5.41) is 10.2. The highest BCUT2D eigenvalue weighted by molar-refractivity contribution is 5.74. The zero-order valence-electron chi connectivity index (χ0n) is 14.5. The lowest BCUT2D eigenvalue weighted by Crippen LogP contribution is -2.46. The second kappa shape index (κ2) is 7.51. The van der Waals surface area contributed by atoms with Crippen molar-refractivity contribution < 1.29 is 4.79 Å². The van der Waals surface area contributed by atoms with Gasteiger partial charge in [0.25, 0.3) is 0 Å². The Labute approximate surface area is 143 Å². The molecule has 0 saturated heterocycles. The molecule has 3 rings (SSSR count). The van der Waals surface area contributed by atoms with Gasteiger partial charge >= 0.3 is 6.03 Å². The largest absolute Gasteiger partial charge is 0.335 e. The van der Waals surface area contributed by atoms with Crippen molar-refractivity contribution in [2.24, 2.45) is 0 Å². The predicted octanol–water partition coefficient (Wildman–Crippen LogP) is 3.59. The highest BCUT2D eigenvalue weighted by Crippen LogP contribution is 2.33. The average molecular weight is 326 g/mol. The number of rotatable bonds is 4. The van der Waals surface area contributed by atoms with E-state index in [1.54, 1.807) is 11.1 Å². The summed E-state index contributed by atoms with van der Waals surface area (Å²) in [7, 11) is 1.84. The number of nitrogens with one attached hydrogen (secondary N) is 2. The zero-order chi connectivity index (χ0) is 16.9. The Morgan fingerprint density at radius 3 is 2.75 bits per heavy atom. The summed E-state index contributed by atoms with van der Waals surface area (Å²) in [5.74, 6) is 0.410. The molecule has 1 saturated carbocycles. The summed E-state index contributed by atoms with van der Waals surface area (Å²) in [6, 6.07) is 10.8. The molecule has 1 fully saturated rings. The van der Waals surface area contributed by atoms with Gasteiger partial charge in [-0.1, -0.05) is 43.2 Å². The van der Waals surface area contributed by atoms with Crippen LogP contribution in [-0.2, 0) is 6.54 Å². The third kappa shape index (κ3) is 3.78. The van der Waals surface area contributed by atoms with Gasteiger partial charge in [-0.2, -0.15) is 5.10 Å². The smallest absolute Gasteiger partial charge is 0.317 e. The third-order valence-electron chi connectivity index (χ3n) is 4.99. The van der Waals surface area contributed by atoms with Crippen LogP contribution in [0.4, 0.5) is 4.79 Å². The van der Waals surface area contributed by atoms with Crippen LogP contribution in [-0.4, -0.2) is 34.2 Å². The highest BCUT2D eigenvalue weighted by Gasteiger charge is 2.28. The molecule has 1 aliphatic rings. The number of urea groups is 1. The number of aryl methyl sites for hydroxylation is 1. The molecular formula is C19H26N4O. The summed E-state index contributed by atoms with van der Waals surface area (Å²) in [6.07, 6.45) is 6.38. The first-order chi connectivity index (χ1) is 11.6. The topological polar surface area (TPSA) is 61.0 Å². The van der Waals surface area contributed by atoms with Gasteiger partial charge in [-0.05, 0) is 25.3 Å². The zero-order valence-corrected chi connectivity index (χ0v) is 14.5. The van der Waals surface area contributed by atoms with E-state index >= 15 is 0 Å². The number of nitrogens with zero attached hydrogens (tertiary/aromatic N) is 2. The SMILES string of the molecule is Cc1[nH]ncc1CN(C)C(=O)N[C@H]1CCCC[C@@H]1c1ccccc1. The van der Waals surface area contributed by atoms with Gasteiger partial charge in [0, 0.05) is 30.3 Å². The van der Waals surface area contributed by atoms with Gasteiger partial charge in [-0.3, -0.25) is 5.10 Å². The van der Waals surface area contributed by atoms with Crippen LogP contribution < -0.4 is 5.32 Å². The number of amides is 2. The Bertz CT molecular complexity index is 667. The predicted molar refractivity (Wildman–Crippen MR) is 94.8 cm³/mol. The number of benzene rings is 1. The van der Waals surface area contributed by atoms with E-state index in [1.807, 2.05) is 20.0 Å². The molecule has 5 heteroatoms. The first kappa shape index (κ1) is 16.6. The van der Waals surface area contributed by atoms with E-state index < -0.39 is 0 Å². The van der Waals surface area contributed by atoms with E-state index in [0.717, 1.165) is 24.1 Å². The number of H-pyrrole nitrogens is 1. The summed E-state index contributed by atoms with van der Waals surface area (Å²) in [6.45, 7) is 2.54. The van der Waals surface area contributed by atoms with Crippen LogP contribution in [0.2, 0.25) is 0 Å². The molecule has 128 valence electrons. The molecule has 0 aliphatic heterocycles. The average Bonchev–Trinajstić information content (AvgIpc) is 3.01. The fourth-order valence-electron chi connectivity index (χ4n) is 3.53. The number of aromatic amines is 1. The summed E-state index contributed by atoms with van der Waals surface area (Å²) >= 11 is 0. The monoisotopic (exact) mass is 326 g/mol. The van der Waals surface area contributed by atoms with Crippen molar-refractivity contribution in [3.63, 3.8) is 0 Å². The van der Waals surface area contributed by atoms with Crippen molar-refractivity contribution in [1.82, 2.24) is 20.4 Å². The molecule has 2 amide bonds. The lowest BCUT2D eigenvalue weighted by Gasteiger charge is -2.34. The van der Waals surface area contributed by atoms with E-state index in [0.29, 0.717) is 12.5 Å². The van der Waals surface area contributed by atoms with Crippen molar-refractivity contribution in [3.05, 3.63) is 53.3 Å². The normalized spacial score (nSPS) is 20.6. The molecule has 2 N–H and O–H groups in total. The van der Waals surface area contributed by atoms with Crippen molar-refractivity contribution in [3.8, 4) is 0 Å². The van der Waals surface area contributed by atoms with E-state index in [2.05, 4.69) is 39.8 Å². The first-order valence-electron chi connectivity index (χ1n) is 8.70. The van der Waals surface area contributed by atoms with Gasteiger partial charge in [0.1, 0.15) is 0 Å². The Balaban J connectivity index is 1.64. The van der Waals surface area contributed by atoms with Crippen molar-refractivity contribution in [2.75, 3.05) is 7.05 Å². The first-order valence-corrected chi connectivity index (χ1v) is 8.70. The molecule has 5 nitrogen and oxygen atoms in total. The molecule has 2 atom stereocenters. The van der Waals surface area contributed by atoms with Gasteiger partial charge in [0.05, 0.1) is 12.7 Å². The van der Waals surface area contributed by atoms with Crippen molar-refractivity contribution in [1.29, 1.82) is 0 Å². The Morgan fingerprint density at radius 2 is 2.04 bits per heavy atom. The lowest BCUT2D eigenvalue weighted by atomic mass is 9.80. The third-order valence-corrected chi connectivity index (χ3v) is 4.99. The molecule has 0 spiro atoms. The van der Waals surface area contributed by atoms with Crippen LogP contribution >= 0.6 is 0 Å². The molecule has 0 radical (unpaired) electrons. The Hall–Kier alpha value is -2.30. The number of aromatic nitrogens is 2. The Kier molecular flexibility index (Phi) is 5.18. The van der Waals surface area contributed by atoms with Crippen LogP contribution in [0.3, 0.4) is 0 Å². The molecule has 1 aliphatic carbocycles. The quantitative estimate of drug-likeness (QED) is 0.902. The Morgan fingerprint density at radius 1 is 1.29 bits per heavy atom. The lowest BCUT2D eigenvalue weighted by molar-refractivity contribution is 0.195. The van der Waals surface area contributed by atoms with Crippen LogP contribution in [0, 0.1) is 6.92 Å². The molecule has 24 heavy (non-hydrogen) atoms. The van der Waals surface area contributed by atoms with Gasteiger partial charge in [-0.15, -0.1) is 0 Å². The number of hydrogen-bond acceptors (Lipinski definition) is 2. The minimum atomic E-state index is -0.0107. The standard InChI is InChI=1S/C19H26N4O/c1-14-16(12-20-22-14)13-23(2)19(24)21-18-11-7-6-10-17(18)15-8-4-3-5-9-15/h3-5,8-9,12,17-18H,6-7,10-11,13H2,1-2H3,(H,20,22)(H,21,24)/t17-,18+/m1/s1. The maximum Gasteiger partial charge on any atom is 0.317 e. The second-order valence-corrected chi connectivity index (χ2v) is 6.73. The summed E-state index contributed by atoms with van der Waals surface area (Å²) in [4.78, 5) is 14.3. The number of carbonyl (C=O) groups excluding carboxylic acids is 1. The van der Waals surface area contributed by atoms with E-state index in [-0.39, 0.29) is 12.1 Å². The van der Waals surface area contributed by atoms with E-state index in [4.69, 9.17) is 0 Å². The van der Waals surface area contributed by atoms with Crippen LogP contribution in [0.1, 0.15) is 48.4 Å². The van der Waals surface area contributed by atoms with Gasteiger partial charge < -0.3 is 10.2 Å². The van der Waals surface area contributed by atoms with Crippen LogP contribution in [0.25, 0.3) is 0 Å². The molecule has 1 heterocycles. The fraction of sp³-hybridized carbons (Fsp3) is 0.474.